The number of benzene rings is 1. The lowest BCUT2D eigenvalue weighted by Crippen LogP contribution is -2.39. The minimum Gasteiger partial charge on any atom is -0.331 e. The Morgan fingerprint density at radius 1 is 1.53 bits per heavy atom. The fourth-order valence-corrected chi connectivity index (χ4v) is 1.33. The van der Waals surface area contributed by atoms with Crippen molar-refractivity contribution in [2.45, 2.75) is 6.92 Å². The van der Waals surface area contributed by atoms with Gasteiger partial charge in [-0.05, 0) is 36.8 Å². The van der Waals surface area contributed by atoms with Crippen LogP contribution in [0.2, 0.25) is 5.02 Å². The van der Waals surface area contributed by atoms with E-state index in [2.05, 4.69) is 16.2 Å². The van der Waals surface area contributed by atoms with E-state index in [1.165, 1.54) is 0 Å². The summed E-state index contributed by atoms with van der Waals surface area (Å²) >= 11 is 10.8. The van der Waals surface area contributed by atoms with Crippen molar-refractivity contribution in [3.8, 4) is 0 Å². The highest BCUT2D eigenvalue weighted by Gasteiger charge is 2.02. The summed E-state index contributed by atoms with van der Waals surface area (Å²) in [6.07, 6.45) is 0.499. The normalized spacial score (nSPS) is 9.20. The fourth-order valence-electron chi connectivity index (χ4n) is 0.991. The van der Waals surface area contributed by atoms with Crippen LogP contribution in [-0.4, -0.2) is 11.5 Å². The highest BCUT2D eigenvalue weighted by molar-refractivity contribution is 7.80. The molecule has 0 heterocycles. The van der Waals surface area contributed by atoms with Crippen LogP contribution in [0.4, 0.5) is 5.69 Å². The number of nitrogens with one attached hydrogen (secondary N) is 3. The molecular formula is C9H10ClN3OS. The van der Waals surface area contributed by atoms with E-state index in [1.54, 1.807) is 6.07 Å². The first-order valence-electron chi connectivity index (χ1n) is 4.16. The van der Waals surface area contributed by atoms with Gasteiger partial charge < -0.3 is 5.32 Å². The van der Waals surface area contributed by atoms with Crippen molar-refractivity contribution < 1.29 is 4.79 Å². The zero-order valence-corrected chi connectivity index (χ0v) is 9.58. The van der Waals surface area contributed by atoms with Crippen LogP contribution in [0, 0.1) is 6.92 Å². The number of anilines is 1. The van der Waals surface area contributed by atoms with Crippen LogP contribution in [0.15, 0.2) is 18.2 Å². The zero-order chi connectivity index (χ0) is 11.3. The van der Waals surface area contributed by atoms with E-state index in [-0.39, 0.29) is 0 Å². The Morgan fingerprint density at radius 3 is 2.93 bits per heavy atom. The number of halogens is 1. The number of hydrazine groups is 1. The average molecular weight is 244 g/mol. The van der Waals surface area contributed by atoms with Crippen molar-refractivity contribution in [3.05, 3.63) is 28.8 Å². The van der Waals surface area contributed by atoms with E-state index >= 15 is 0 Å². The quantitative estimate of drug-likeness (QED) is 0.429. The molecule has 0 saturated carbocycles. The number of hydrogen-bond donors (Lipinski definition) is 3. The Hall–Kier alpha value is -1.33. The van der Waals surface area contributed by atoms with Crippen LogP contribution in [0.5, 0.6) is 0 Å². The molecule has 0 aliphatic carbocycles. The van der Waals surface area contributed by atoms with Crippen molar-refractivity contribution in [3.63, 3.8) is 0 Å². The molecule has 0 fully saturated rings. The van der Waals surface area contributed by atoms with Gasteiger partial charge in [0.15, 0.2) is 5.11 Å². The first-order valence-corrected chi connectivity index (χ1v) is 4.95. The molecule has 1 aromatic rings. The highest BCUT2D eigenvalue weighted by Crippen LogP contribution is 2.22. The minimum atomic E-state index is 0.299. The predicted octanol–water partition coefficient (Wildman–Crippen LogP) is 1.60. The van der Waals surface area contributed by atoms with E-state index in [1.807, 2.05) is 19.1 Å². The molecule has 1 amide bonds. The fraction of sp³-hybridized carbons (Fsp3) is 0.111. The van der Waals surface area contributed by atoms with Gasteiger partial charge >= 0.3 is 0 Å². The highest BCUT2D eigenvalue weighted by atomic mass is 35.5. The molecule has 0 spiro atoms. The third-order valence-corrected chi connectivity index (χ3v) is 2.37. The molecule has 3 N–H and O–H groups in total. The molecule has 0 atom stereocenters. The molecule has 1 aromatic carbocycles. The number of thiocarbonyl (C=S) groups is 1. The number of carbonyl (C=O) groups is 1. The molecule has 0 radical (unpaired) electrons. The summed E-state index contributed by atoms with van der Waals surface area (Å²) in [5.41, 5.74) is 6.42. The number of amides is 1. The molecule has 0 aliphatic heterocycles. The lowest BCUT2D eigenvalue weighted by atomic mass is 10.2. The molecule has 0 unspecified atom stereocenters. The van der Waals surface area contributed by atoms with Gasteiger partial charge in [0, 0.05) is 10.7 Å². The largest absolute Gasteiger partial charge is 0.331 e. The van der Waals surface area contributed by atoms with Crippen molar-refractivity contribution in [1.82, 2.24) is 10.9 Å². The predicted molar refractivity (Wildman–Crippen MR) is 64.7 cm³/mol. The van der Waals surface area contributed by atoms with Gasteiger partial charge in [-0.3, -0.25) is 15.6 Å². The third kappa shape index (κ3) is 3.38. The Balaban J connectivity index is 2.68. The first-order chi connectivity index (χ1) is 7.15. The maximum Gasteiger partial charge on any atom is 0.225 e. The molecule has 1 rings (SSSR count). The van der Waals surface area contributed by atoms with E-state index in [4.69, 9.17) is 23.8 Å². The van der Waals surface area contributed by atoms with E-state index in [0.717, 1.165) is 11.3 Å². The van der Waals surface area contributed by atoms with Crippen molar-refractivity contribution in [1.29, 1.82) is 0 Å². The van der Waals surface area contributed by atoms with E-state index in [9.17, 15) is 4.79 Å². The molecule has 15 heavy (non-hydrogen) atoms. The first kappa shape index (κ1) is 11.7. The van der Waals surface area contributed by atoms with Gasteiger partial charge in [0.25, 0.3) is 0 Å². The van der Waals surface area contributed by atoms with Gasteiger partial charge in [-0.1, -0.05) is 17.7 Å². The van der Waals surface area contributed by atoms with E-state index in [0.29, 0.717) is 16.5 Å². The summed E-state index contributed by atoms with van der Waals surface area (Å²) in [4.78, 5) is 10.0. The van der Waals surface area contributed by atoms with Gasteiger partial charge in [0.1, 0.15) is 0 Å². The van der Waals surface area contributed by atoms with Crippen LogP contribution in [0.25, 0.3) is 0 Å². The summed E-state index contributed by atoms with van der Waals surface area (Å²) < 4.78 is 0. The Bertz CT molecular complexity index is 384. The summed E-state index contributed by atoms with van der Waals surface area (Å²) in [7, 11) is 0. The maximum absolute atomic E-state index is 10.0. The van der Waals surface area contributed by atoms with Gasteiger partial charge in [-0.25, -0.2) is 0 Å². The van der Waals surface area contributed by atoms with Gasteiger partial charge in [0.05, 0.1) is 0 Å². The van der Waals surface area contributed by atoms with Gasteiger partial charge in [-0.15, -0.1) is 0 Å². The Kier molecular flexibility index (Phi) is 4.33. The van der Waals surface area contributed by atoms with Crippen molar-refractivity contribution in [2.75, 3.05) is 5.32 Å². The topological polar surface area (TPSA) is 53.2 Å². The summed E-state index contributed by atoms with van der Waals surface area (Å²) in [6.45, 7) is 1.88. The minimum absolute atomic E-state index is 0.299. The second-order valence-electron chi connectivity index (χ2n) is 2.75. The molecule has 0 aromatic heterocycles. The lowest BCUT2D eigenvalue weighted by Gasteiger charge is -2.11. The standard InChI is InChI=1S/C9H10ClN3OS/c1-6-7(10)3-2-4-8(6)12-9(15)13-11-5-14/h2-5H,1H3,(H,11,14)(H2,12,13,15). The molecular weight excluding hydrogens is 234 g/mol. The smallest absolute Gasteiger partial charge is 0.225 e. The second-order valence-corrected chi connectivity index (χ2v) is 3.57. The second kappa shape index (κ2) is 5.53. The van der Waals surface area contributed by atoms with Crippen molar-refractivity contribution >= 4 is 41.0 Å². The van der Waals surface area contributed by atoms with Crippen LogP contribution >= 0.6 is 23.8 Å². The summed E-state index contributed by atoms with van der Waals surface area (Å²) in [6, 6.07) is 5.45. The molecule has 0 aliphatic rings. The Labute approximate surface area is 98.0 Å². The van der Waals surface area contributed by atoms with Gasteiger partial charge in [0.2, 0.25) is 6.41 Å². The third-order valence-electron chi connectivity index (χ3n) is 1.76. The molecule has 0 saturated heterocycles. The van der Waals surface area contributed by atoms with Crippen LogP contribution < -0.4 is 16.2 Å². The molecule has 80 valence electrons. The zero-order valence-electron chi connectivity index (χ0n) is 8.00. The number of rotatable bonds is 3. The average Bonchev–Trinajstić information content (AvgIpc) is 2.22. The summed E-state index contributed by atoms with van der Waals surface area (Å²) in [5.74, 6) is 0. The van der Waals surface area contributed by atoms with Crippen LogP contribution in [-0.2, 0) is 4.79 Å². The molecule has 6 heteroatoms. The van der Waals surface area contributed by atoms with Crippen molar-refractivity contribution in [2.24, 2.45) is 0 Å². The van der Waals surface area contributed by atoms with Crippen LogP contribution in [0.1, 0.15) is 5.56 Å². The van der Waals surface area contributed by atoms with Gasteiger partial charge in [-0.2, -0.15) is 0 Å². The molecule has 4 nitrogen and oxygen atoms in total. The lowest BCUT2D eigenvalue weighted by molar-refractivity contribution is -0.110. The Morgan fingerprint density at radius 2 is 2.27 bits per heavy atom. The molecule has 0 bridgehead atoms. The number of hydrogen-bond acceptors (Lipinski definition) is 2. The summed E-state index contributed by atoms with van der Waals surface area (Å²) in [5, 5.41) is 3.86. The van der Waals surface area contributed by atoms with E-state index < -0.39 is 0 Å². The van der Waals surface area contributed by atoms with Crippen LogP contribution in [0.3, 0.4) is 0 Å². The maximum atomic E-state index is 10.0. The monoisotopic (exact) mass is 243 g/mol. The SMILES string of the molecule is Cc1c(Cl)cccc1NC(=S)NNC=O. The number of carbonyl (C=O) groups excluding carboxylic acids is 1.